The fourth-order valence-electron chi connectivity index (χ4n) is 2.76. The second-order valence-electron chi connectivity index (χ2n) is 5.97. The number of rotatable bonds is 6. The normalized spacial score (nSPS) is 11.8. The van der Waals surface area contributed by atoms with Crippen molar-refractivity contribution in [2.45, 2.75) is 24.8 Å². The van der Waals surface area contributed by atoms with Gasteiger partial charge in [-0.2, -0.15) is 8.42 Å². The van der Waals surface area contributed by atoms with Crippen LogP contribution in [0.25, 0.3) is 10.9 Å². The number of hydrogen-bond donors (Lipinski definition) is 1. The highest BCUT2D eigenvalue weighted by atomic mass is 32.2. The molecule has 0 bridgehead atoms. The second kappa shape index (κ2) is 6.49. The van der Waals surface area contributed by atoms with E-state index in [1.54, 1.807) is 36.7 Å². The summed E-state index contributed by atoms with van der Waals surface area (Å²) in [5.74, 6) is 0.197. The minimum atomic E-state index is -3.91. The lowest BCUT2D eigenvalue weighted by Crippen LogP contribution is -2.12. The molecular weight excluding hydrogens is 358 g/mol. The molecule has 138 valence electrons. The maximum absolute atomic E-state index is 13.1. The first-order valence-electron chi connectivity index (χ1n) is 7.89. The van der Waals surface area contributed by atoms with Crippen molar-refractivity contribution >= 4 is 26.9 Å². The molecule has 0 fully saturated rings. The summed E-state index contributed by atoms with van der Waals surface area (Å²) in [5.41, 5.74) is 1.08. The van der Waals surface area contributed by atoms with Crippen LogP contribution in [0.5, 0.6) is 5.75 Å². The van der Waals surface area contributed by atoms with Crippen molar-refractivity contribution in [3.8, 4) is 5.75 Å². The average Bonchev–Trinajstić information content (AvgIpc) is 3.13. The van der Waals surface area contributed by atoms with E-state index in [-0.39, 0.29) is 17.9 Å². The van der Waals surface area contributed by atoms with Crippen LogP contribution in [0.3, 0.4) is 0 Å². The first-order chi connectivity index (χ1) is 12.2. The zero-order valence-corrected chi connectivity index (χ0v) is 15.4. The van der Waals surface area contributed by atoms with Crippen molar-refractivity contribution in [2.24, 2.45) is 7.05 Å². The summed E-state index contributed by atoms with van der Waals surface area (Å²) >= 11 is 0. The lowest BCUT2D eigenvalue weighted by Gasteiger charge is -2.05. The van der Waals surface area contributed by atoms with E-state index < -0.39 is 16.0 Å². The molecule has 0 aliphatic rings. The van der Waals surface area contributed by atoms with Crippen molar-refractivity contribution in [3.05, 3.63) is 42.0 Å². The largest absolute Gasteiger partial charge is 0.497 e. The number of aryl methyl sites for hydroxylation is 3. The molecule has 0 saturated carbocycles. The van der Waals surface area contributed by atoms with Gasteiger partial charge in [-0.1, -0.05) is 0 Å². The molecule has 0 saturated heterocycles. The second-order valence-corrected chi connectivity index (χ2v) is 7.73. The number of carboxylic acid groups (broad SMARTS) is 1. The quantitative estimate of drug-likeness (QED) is 0.704. The Bertz CT molecular complexity index is 1080. The van der Waals surface area contributed by atoms with E-state index >= 15 is 0 Å². The number of imidazole rings is 1. The first kappa shape index (κ1) is 18.0. The Labute approximate surface area is 150 Å². The topological polar surface area (TPSA) is 103 Å². The summed E-state index contributed by atoms with van der Waals surface area (Å²) in [4.78, 5) is 15.1. The van der Waals surface area contributed by atoms with Crippen LogP contribution in [-0.4, -0.2) is 40.1 Å². The van der Waals surface area contributed by atoms with E-state index in [0.717, 1.165) is 3.97 Å². The molecule has 2 heterocycles. The number of methoxy groups -OCH3 is 1. The number of fused-ring (bicyclic) bond motifs is 1. The van der Waals surface area contributed by atoms with Crippen LogP contribution in [0.4, 0.5) is 0 Å². The third-order valence-corrected chi connectivity index (χ3v) is 5.82. The van der Waals surface area contributed by atoms with Gasteiger partial charge in [-0.3, -0.25) is 4.79 Å². The highest BCUT2D eigenvalue weighted by Gasteiger charge is 2.24. The smallest absolute Gasteiger partial charge is 0.303 e. The summed E-state index contributed by atoms with van der Waals surface area (Å²) in [6.07, 6.45) is 3.03. The number of aliphatic carboxylic acids is 1. The van der Waals surface area contributed by atoms with Crippen LogP contribution in [0.1, 0.15) is 17.8 Å². The van der Waals surface area contributed by atoms with Crippen molar-refractivity contribution < 1.29 is 23.1 Å². The fraction of sp³-hybridized carbons (Fsp3) is 0.294. The summed E-state index contributed by atoms with van der Waals surface area (Å²) < 4.78 is 34.1. The predicted octanol–water partition coefficient (Wildman–Crippen LogP) is 1.95. The van der Waals surface area contributed by atoms with Gasteiger partial charge in [0.25, 0.3) is 10.0 Å². The lowest BCUT2D eigenvalue weighted by atomic mass is 10.1. The molecule has 3 aromatic rings. The average molecular weight is 377 g/mol. The highest BCUT2D eigenvalue weighted by molar-refractivity contribution is 7.90. The standard InChI is InChI=1S/C17H19N3O5S/c1-11-18-16(10-19(11)2)26(23,24)20-9-12(4-7-17(21)22)14-8-13(25-3)5-6-15(14)20/h5-6,8-10H,4,7H2,1-3H3,(H,21,22). The molecule has 0 aliphatic heterocycles. The van der Waals surface area contributed by atoms with E-state index in [9.17, 15) is 13.2 Å². The predicted molar refractivity (Wildman–Crippen MR) is 95.0 cm³/mol. The van der Waals surface area contributed by atoms with Crippen LogP contribution in [0.2, 0.25) is 0 Å². The van der Waals surface area contributed by atoms with E-state index in [1.807, 2.05) is 0 Å². The Kier molecular flexibility index (Phi) is 4.49. The Morgan fingerprint density at radius 3 is 2.62 bits per heavy atom. The molecule has 3 rings (SSSR count). The monoisotopic (exact) mass is 377 g/mol. The fourth-order valence-corrected chi connectivity index (χ4v) is 4.19. The molecule has 0 radical (unpaired) electrons. The molecule has 0 aliphatic carbocycles. The molecule has 26 heavy (non-hydrogen) atoms. The van der Waals surface area contributed by atoms with Crippen LogP contribution in [0, 0.1) is 6.92 Å². The zero-order valence-electron chi connectivity index (χ0n) is 14.6. The lowest BCUT2D eigenvalue weighted by molar-refractivity contribution is -0.136. The summed E-state index contributed by atoms with van der Waals surface area (Å²) in [7, 11) is -0.671. The maximum atomic E-state index is 13.1. The molecule has 9 heteroatoms. The van der Waals surface area contributed by atoms with Crippen LogP contribution in [-0.2, 0) is 28.3 Å². The molecule has 8 nitrogen and oxygen atoms in total. The number of hydrogen-bond acceptors (Lipinski definition) is 5. The van der Waals surface area contributed by atoms with Gasteiger partial charge in [0.15, 0.2) is 5.03 Å². The number of carbonyl (C=O) groups is 1. The summed E-state index contributed by atoms with van der Waals surface area (Å²) in [6, 6.07) is 5.02. The van der Waals surface area contributed by atoms with Crippen molar-refractivity contribution in [3.63, 3.8) is 0 Å². The van der Waals surface area contributed by atoms with Gasteiger partial charge < -0.3 is 14.4 Å². The van der Waals surface area contributed by atoms with E-state index in [0.29, 0.717) is 28.0 Å². The van der Waals surface area contributed by atoms with Gasteiger partial charge in [0, 0.05) is 31.2 Å². The van der Waals surface area contributed by atoms with E-state index in [2.05, 4.69) is 4.98 Å². The van der Waals surface area contributed by atoms with Gasteiger partial charge in [-0.05, 0) is 37.1 Å². The highest BCUT2D eigenvalue weighted by Crippen LogP contribution is 2.29. The number of aromatic nitrogens is 3. The Morgan fingerprint density at radius 2 is 2.04 bits per heavy atom. The zero-order chi connectivity index (χ0) is 19.1. The van der Waals surface area contributed by atoms with Crippen LogP contribution >= 0.6 is 0 Å². The molecule has 2 aromatic heterocycles. The summed E-state index contributed by atoms with van der Waals surface area (Å²) in [6.45, 7) is 1.72. The molecule has 0 amide bonds. The first-order valence-corrected chi connectivity index (χ1v) is 9.33. The number of benzene rings is 1. The Morgan fingerprint density at radius 1 is 1.31 bits per heavy atom. The van der Waals surface area contributed by atoms with Gasteiger partial charge in [0.05, 0.1) is 12.6 Å². The third-order valence-electron chi connectivity index (χ3n) is 4.28. The Balaban J connectivity index is 2.20. The SMILES string of the molecule is COc1ccc2c(c1)c(CCC(=O)O)cn2S(=O)(=O)c1cn(C)c(C)n1. The van der Waals surface area contributed by atoms with Crippen molar-refractivity contribution in [1.82, 2.24) is 13.5 Å². The minimum Gasteiger partial charge on any atom is -0.497 e. The van der Waals surface area contributed by atoms with Crippen LogP contribution in [0.15, 0.2) is 35.6 Å². The number of ether oxygens (including phenoxy) is 1. The molecule has 0 spiro atoms. The van der Waals surface area contributed by atoms with Gasteiger partial charge in [-0.15, -0.1) is 0 Å². The molecule has 0 unspecified atom stereocenters. The number of nitrogens with zero attached hydrogens (tertiary/aromatic N) is 3. The molecule has 1 N–H and O–H groups in total. The Hall–Kier alpha value is -2.81. The van der Waals surface area contributed by atoms with Gasteiger partial charge in [0.2, 0.25) is 0 Å². The molecule has 0 atom stereocenters. The molecule has 1 aromatic carbocycles. The van der Waals surface area contributed by atoms with Crippen molar-refractivity contribution in [2.75, 3.05) is 7.11 Å². The summed E-state index contributed by atoms with van der Waals surface area (Å²) in [5, 5.41) is 9.54. The van der Waals surface area contributed by atoms with Gasteiger partial charge in [0.1, 0.15) is 11.6 Å². The van der Waals surface area contributed by atoms with E-state index in [4.69, 9.17) is 9.84 Å². The maximum Gasteiger partial charge on any atom is 0.303 e. The van der Waals surface area contributed by atoms with Gasteiger partial charge >= 0.3 is 5.97 Å². The number of carboxylic acids is 1. The van der Waals surface area contributed by atoms with Gasteiger partial charge in [-0.25, -0.2) is 8.96 Å². The van der Waals surface area contributed by atoms with E-state index in [1.165, 1.54) is 19.5 Å². The third kappa shape index (κ3) is 3.05. The van der Waals surface area contributed by atoms with Crippen LogP contribution < -0.4 is 4.74 Å². The minimum absolute atomic E-state index is 0.0602. The van der Waals surface area contributed by atoms with Crippen molar-refractivity contribution in [1.29, 1.82) is 0 Å². The molecular formula is C17H19N3O5S.